The first-order chi connectivity index (χ1) is 12.9. The molecule has 5 atom stereocenters. The lowest BCUT2D eigenvalue weighted by Gasteiger charge is -2.44. The molecule has 1 nitrogen and oxygen atoms in total. The van der Waals surface area contributed by atoms with Crippen molar-refractivity contribution in [3.05, 3.63) is 23.3 Å². The van der Waals surface area contributed by atoms with E-state index in [9.17, 15) is 5.11 Å². The summed E-state index contributed by atoms with van der Waals surface area (Å²) >= 11 is 0. The van der Waals surface area contributed by atoms with Gasteiger partial charge in [0.15, 0.2) is 0 Å². The van der Waals surface area contributed by atoms with Gasteiger partial charge < -0.3 is 5.11 Å². The van der Waals surface area contributed by atoms with E-state index in [1.807, 2.05) is 0 Å². The summed E-state index contributed by atoms with van der Waals surface area (Å²) < 4.78 is 0. The molecule has 0 aromatic carbocycles. The van der Waals surface area contributed by atoms with Gasteiger partial charge in [0, 0.05) is 0 Å². The van der Waals surface area contributed by atoms with Crippen molar-refractivity contribution in [2.75, 3.05) is 0 Å². The first-order valence-electron chi connectivity index (χ1n) is 12.0. The van der Waals surface area contributed by atoms with Crippen LogP contribution in [0.3, 0.4) is 0 Å². The summed E-state index contributed by atoms with van der Waals surface area (Å²) in [5, 5.41) is 9.95. The minimum atomic E-state index is -0.0948. The molecule has 3 aliphatic rings. The van der Waals surface area contributed by atoms with Crippen molar-refractivity contribution in [2.45, 2.75) is 111 Å². The molecule has 1 heteroatoms. The largest absolute Gasteiger partial charge is 0.393 e. The van der Waals surface area contributed by atoms with Gasteiger partial charge >= 0.3 is 0 Å². The molecule has 3 rings (SSSR count). The second-order valence-corrected chi connectivity index (χ2v) is 10.7. The Balaban J connectivity index is 1.66. The molecule has 0 bridgehead atoms. The standard InChI is InChI=1S/C26H44O/c1-19(2)8-5-9-20(3)24-15-16-25-22(11-7-17-26(24,25)4)14-13-21-10-6-12-23(27)18-21/h13-14,19-20,23-25,27H,5-12,15-18H2,1-4H3/b21-13-,22-14+/t20-,23?,24?,25?,26?/m1/s1. The molecule has 3 fully saturated rings. The third kappa shape index (κ3) is 5.08. The smallest absolute Gasteiger partial charge is 0.0577 e. The molecular formula is C26H44O. The molecule has 1 N–H and O–H groups in total. The van der Waals surface area contributed by atoms with Gasteiger partial charge in [0.1, 0.15) is 0 Å². The number of hydrogen-bond donors (Lipinski definition) is 1. The summed E-state index contributed by atoms with van der Waals surface area (Å²) in [5.74, 6) is 3.46. The monoisotopic (exact) mass is 372 g/mol. The van der Waals surface area contributed by atoms with Gasteiger partial charge in [-0.1, -0.05) is 70.3 Å². The lowest BCUT2D eigenvalue weighted by molar-refractivity contribution is 0.0928. The third-order valence-electron chi connectivity index (χ3n) is 8.23. The molecular weight excluding hydrogens is 328 g/mol. The lowest BCUT2D eigenvalue weighted by Crippen LogP contribution is -2.36. The van der Waals surface area contributed by atoms with Gasteiger partial charge in [-0.05, 0) is 86.9 Å². The van der Waals surface area contributed by atoms with Crippen molar-refractivity contribution in [1.82, 2.24) is 0 Å². The fourth-order valence-corrected chi connectivity index (χ4v) is 6.71. The van der Waals surface area contributed by atoms with Crippen molar-refractivity contribution in [1.29, 1.82) is 0 Å². The van der Waals surface area contributed by atoms with E-state index >= 15 is 0 Å². The quantitative estimate of drug-likeness (QED) is 0.513. The zero-order valence-corrected chi connectivity index (χ0v) is 18.5. The van der Waals surface area contributed by atoms with Gasteiger partial charge in [-0.25, -0.2) is 0 Å². The summed E-state index contributed by atoms with van der Waals surface area (Å²) in [6.45, 7) is 9.88. The average Bonchev–Trinajstić information content (AvgIpc) is 2.97. The van der Waals surface area contributed by atoms with E-state index in [0.29, 0.717) is 5.41 Å². The number of fused-ring (bicyclic) bond motifs is 1. The maximum atomic E-state index is 9.95. The number of hydrogen-bond acceptors (Lipinski definition) is 1. The van der Waals surface area contributed by atoms with Crippen molar-refractivity contribution >= 4 is 0 Å². The Morgan fingerprint density at radius 3 is 2.59 bits per heavy atom. The lowest BCUT2D eigenvalue weighted by atomic mass is 9.60. The van der Waals surface area contributed by atoms with Gasteiger partial charge in [-0.2, -0.15) is 0 Å². The van der Waals surface area contributed by atoms with Gasteiger partial charge in [-0.3, -0.25) is 0 Å². The number of aliphatic hydroxyl groups is 1. The summed E-state index contributed by atoms with van der Waals surface area (Å²) in [6, 6.07) is 0. The van der Waals surface area contributed by atoms with Crippen molar-refractivity contribution in [3.63, 3.8) is 0 Å². The molecule has 0 saturated heterocycles. The first kappa shape index (κ1) is 21.2. The highest BCUT2D eigenvalue weighted by atomic mass is 16.3. The topological polar surface area (TPSA) is 20.2 Å². The average molecular weight is 373 g/mol. The van der Waals surface area contributed by atoms with E-state index in [0.717, 1.165) is 42.9 Å². The van der Waals surface area contributed by atoms with Crippen LogP contribution in [-0.4, -0.2) is 11.2 Å². The second-order valence-electron chi connectivity index (χ2n) is 10.7. The van der Waals surface area contributed by atoms with Crippen LogP contribution in [0.1, 0.15) is 105 Å². The van der Waals surface area contributed by atoms with Gasteiger partial charge in [0.05, 0.1) is 6.10 Å². The molecule has 0 radical (unpaired) electrons. The molecule has 3 saturated carbocycles. The van der Waals surface area contributed by atoms with Crippen molar-refractivity contribution in [2.24, 2.45) is 29.1 Å². The van der Waals surface area contributed by atoms with Crippen LogP contribution in [0.15, 0.2) is 23.3 Å². The number of allylic oxidation sites excluding steroid dienone is 3. The summed E-state index contributed by atoms with van der Waals surface area (Å²) in [5.41, 5.74) is 3.74. The van der Waals surface area contributed by atoms with Crippen LogP contribution in [0.5, 0.6) is 0 Å². The molecule has 0 heterocycles. The van der Waals surface area contributed by atoms with Crippen LogP contribution < -0.4 is 0 Å². The van der Waals surface area contributed by atoms with Gasteiger partial charge in [0.2, 0.25) is 0 Å². The fraction of sp³-hybridized carbons (Fsp3) is 0.846. The Bertz CT molecular complexity index is 542. The van der Waals surface area contributed by atoms with E-state index in [1.54, 1.807) is 5.57 Å². The number of rotatable bonds is 6. The summed E-state index contributed by atoms with van der Waals surface area (Å²) in [7, 11) is 0. The summed E-state index contributed by atoms with van der Waals surface area (Å²) in [4.78, 5) is 0. The highest BCUT2D eigenvalue weighted by Gasteiger charge is 2.50. The molecule has 3 aliphatic carbocycles. The minimum Gasteiger partial charge on any atom is -0.393 e. The van der Waals surface area contributed by atoms with E-state index in [1.165, 1.54) is 63.4 Å². The van der Waals surface area contributed by atoms with E-state index in [-0.39, 0.29) is 6.10 Å². The predicted octanol–water partition coefficient (Wildman–Crippen LogP) is 7.45. The maximum absolute atomic E-state index is 9.95. The number of aliphatic hydroxyl groups excluding tert-OH is 1. The van der Waals surface area contributed by atoms with Crippen LogP contribution in [-0.2, 0) is 0 Å². The minimum absolute atomic E-state index is 0.0948. The van der Waals surface area contributed by atoms with Crippen LogP contribution in [0.2, 0.25) is 0 Å². The molecule has 0 aliphatic heterocycles. The molecule has 0 spiro atoms. The zero-order chi connectivity index (χ0) is 19.4. The van der Waals surface area contributed by atoms with E-state index < -0.39 is 0 Å². The fourth-order valence-electron chi connectivity index (χ4n) is 6.71. The Kier molecular flexibility index (Phi) is 7.28. The Morgan fingerprint density at radius 1 is 1.04 bits per heavy atom. The molecule has 27 heavy (non-hydrogen) atoms. The maximum Gasteiger partial charge on any atom is 0.0577 e. The highest BCUT2D eigenvalue weighted by Crippen LogP contribution is 2.59. The van der Waals surface area contributed by atoms with E-state index in [2.05, 4.69) is 39.8 Å². The SMILES string of the molecule is CC(C)CCC[C@@H](C)C1CCC2/C(=C/C=C3/CCCC(O)C3)CCCC21C. The van der Waals surface area contributed by atoms with E-state index in [4.69, 9.17) is 0 Å². The predicted molar refractivity (Wildman–Crippen MR) is 117 cm³/mol. The molecule has 154 valence electrons. The van der Waals surface area contributed by atoms with Gasteiger partial charge in [0.25, 0.3) is 0 Å². The normalized spacial score (nSPS) is 38.5. The van der Waals surface area contributed by atoms with Crippen LogP contribution in [0, 0.1) is 29.1 Å². The molecule has 4 unspecified atom stereocenters. The molecule has 0 aromatic heterocycles. The highest BCUT2D eigenvalue weighted by molar-refractivity contribution is 5.25. The Hall–Kier alpha value is -0.560. The van der Waals surface area contributed by atoms with Crippen LogP contribution in [0.4, 0.5) is 0 Å². The molecule has 0 aromatic rings. The third-order valence-corrected chi connectivity index (χ3v) is 8.23. The zero-order valence-electron chi connectivity index (χ0n) is 18.5. The Morgan fingerprint density at radius 2 is 1.85 bits per heavy atom. The Labute approximate surface area is 168 Å². The van der Waals surface area contributed by atoms with Crippen LogP contribution in [0.25, 0.3) is 0 Å². The second kappa shape index (κ2) is 9.29. The first-order valence-corrected chi connectivity index (χ1v) is 12.0. The van der Waals surface area contributed by atoms with Crippen molar-refractivity contribution in [3.8, 4) is 0 Å². The van der Waals surface area contributed by atoms with Crippen LogP contribution >= 0.6 is 0 Å². The molecule has 0 amide bonds. The van der Waals surface area contributed by atoms with Crippen molar-refractivity contribution < 1.29 is 5.11 Å². The summed E-state index contributed by atoms with van der Waals surface area (Å²) in [6.07, 6.45) is 20.2. The van der Waals surface area contributed by atoms with Gasteiger partial charge in [-0.15, -0.1) is 0 Å².